The maximum atomic E-state index is 6.32. The summed E-state index contributed by atoms with van der Waals surface area (Å²) in [5.41, 5.74) is 9.69. The van der Waals surface area contributed by atoms with E-state index >= 15 is 0 Å². The molecule has 166 valence electrons. The van der Waals surface area contributed by atoms with Crippen molar-refractivity contribution in [3.8, 4) is 22.8 Å². The van der Waals surface area contributed by atoms with Crippen molar-refractivity contribution >= 4 is 34.2 Å². The lowest BCUT2D eigenvalue weighted by atomic mass is 9.98. The molecule has 1 aliphatic carbocycles. The van der Waals surface area contributed by atoms with Crippen molar-refractivity contribution in [2.75, 3.05) is 22.5 Å². The first-order chi connectivity index (χ1) is 16.2. The molecule has 1 unspecified atom stereocenters. The second kappa shape index (κ2) is 7.10. The monoisotopic (exact) mass is 439 g/mol. The van der Waals surface area contributed by atoms with Crippen molar-refractivity contribution in [3.63, 3.8) is 0 Å². The smallest absolute Gasteiger partial charge is 0.222 e. The molecule has 0 amide bonds. The number of para-hydroxylation sites is 2. The molecule has 8 nitrogen and oxygen atoms in total. The molecule has 1 saturated heterocycles. The van der Waals surface area contributed by atoms with Crippen molar-refractivity contribution in [2.45, 2.75) is 38.1 Å². The fourth-order valence-electron chi connectivity index (χ4n) is 5.30. The largest absolute Gasteiger partial charge is 0.454 e. The highest BCUT2D eigenvalue weighted by Gasteiger charge is 2.37. The highest BCUT2D eigenvalue weighted by Crippen LogP contribution is 2.45. The number of nitrogens with two attached hydrogens (primary N) is 1. The summed E-state index contributed by atoms with van der Waals surface area (Å²) >= 11 is 0. The fourth-order valence-corrected chi connectivity index (χ4v) is 5.30. The van der Waals surface area contributed by atoms with Crippen LogP contribution >= 0.6 is 0 Å². The van der Waals surface area contributed by atoms with Gasteiger partial charge in [0.05, 0.1) is 22.3 Å². The minimum Gasteiger partial charge on any atom is -0.454 e. The van der Waals surface area contributed by atoms with E-state index in [0.717, 1.165) is 63.4 Å². The lowest BCUT2D eigenvalue weighted by molar-refractivity contribution is 0.421. The van der Waals surface area contributed by atoms with E-state index < -0.39 is 0 Å². The normalized spacial score (nSPS) is 19.5. The van der Waals surface area contributed by atoms with E-state index in [1.54, 1.807) is 0 Å². The lowest BCUT2D eigenvalue weighted by Crippen LogP contribution is -2.41. The number of ether oxygens (including phenoxy) is 1. The van der Waals surface area contributed by atoms with E-state index in [0.29, 0.717) is 12.0 Å². The van der Waals surface area contributed by atoms with E-state index in [2.05, 4.69) is 42.5 Å². The van der Waals surface area contributed by atoms with Gasteiger partial charge in [0.25, 0.3) is 0 Å². The van der Waals surface area contributed by atoms with Gasteiger partial charge in [-0.1, -0.05) is 12.1 Å². The van der Waals surface area contributed by atoms with Crippen LogP contribution < -0.4 is 20.7 Å². The lowest BCUT2D eigenvalue weighted by Gasteiger charge is -2.37. The van der Waals surface area contributed by atoms with Gasteiger partial charge < -0.3 is 20.7 Å². The summed E-state index contributed by atoms with van der Waals surface area (Å²) in [5.74, 6) is 4.26. The molecular formula is C25H25N7O. The first-order valence-corrected chi connectivity index (χ1v) is 11.7. The summed E-state index contributed by atoms with van der Waals surface area (Å²) in [6.07, 6.45) is 6.36. The Balaban J connectivity index is 1.33. The van der Waals surface area contributed by atoms with Crippen LogP contribution in [0.3, 0.4) is 0 Å². The zero-order valence-corrected chi connectivity index (χ0v) is 18.2. The average molecular weight is 440 g/mol. The van der Waals surface area contributed by atoms with Gasteiger partial charge in [-0.15, -0.1) is 0 Å². The molecule has 2 aromatic carbocycles. The third kappa shape index (κ3) is 3.16. The standard InChI is InChI=1S/C25H25N7O/c26-25-28-17(13-22(29-25)32-10-4-3-6-19(32)14-8-9-14)15-11-18-23-21(12-15)33-20-7-2-1-5-16(20)27-24(23)31-30-18/h1-2,5,7,11-14,19H,3-4,6,8-10H2,(H2,26,28,29)(H2,27,30,31). The van der Waals surface area contributed by atoms with Gasteiger partial charge in [-0.3, -0.25) is 5.10 Å². The van der Waals surface area contributed by atoms with Crippen molar-refractivity contribution in [3.05, 3.63) is 42.5 Å². The van der Waals surface area contributed by atoms with Gasteiger partial charge in [0.15, 0.2) is 11.6 Å². The number of benzene rings is 2. The Morgan fingerprint density at radius 3 is 2.82 bits per heavy atom. The number of nitrogens with zero attached hydrogens (tertiary/aromatic N) is 4. The van der Waals surface area contributed by atoms with Gasteiger partial charge in [0, 0.05) is 24.2 Å². The van der Waals surface area contributed by atoms with E-state index in [1.807, 2.05) is 30.3 Å². The molecule has 2 aromatic heterocycles. The van der Waals surface area contributed by atoms with Crippen LogP contribution in [0.4, 0.5) is 23.3 Å². The van der Waals surface area contributed by atoms with Crippen LogP contribution in [0, 0.1) is 5.92 Å². The van der Waals surface area contributed by atoms with Gasteiger partial charge in [-0.25, -0.2) is 4.98 Å². The van der Waals surface area contributed by atoms with Crippen LogP contribution in [0.15, 0.2) is 42.5 Å². The number of aromatic amines is 1. The summed E-state index contributed by atoms with van der Waals surface area (Å²) < 4.78 is 6.32. The Bertz CT molecular complexity index is 1380. The number of nitrogen functional groups attached to an aromatic ring is 1. The Morgan fingerprint density at radius 2 is 1.91 bits per heavy atom. The predicted molar refractivity (Wildman–Crippen MR) is 129 cm³/mol. The first kappa shape index (κ1) is 18.7. The Hall–Kier alpha value is -3.81. The molecule has 0 spiro atoms. The summed E-state index contributed by atoms with van der Waals surface area (Å²) in [4.78, 5) is 11.7. The van der Waals surface area contributed by atoms with Crippen molar-refractivity contribution in [1.29, 1.82) is 0 Å². The average Bonchev–Trinajstić information content (AvgIpc) is 3.62. The second-order valence-corrected chi connectivity index (χ2v) is 9.26. The third-order valence-electron chi connectivity index (χ3n) is 7.02. The topological polar surface area (TPSA) is 105 Å². The number of rotatable bonds is 3. The summed E-state index contributed by atoms with van der Waals surface area (Å²) in [6.45, 7) is 1.02. The fraction of sp³-hybridized carbons (Fsp3) is 0.320. The van der Waals surface area contributed by atoms with E-state index in [4.69, 9.17) is 10.5 Å². The van der Waals surface area contributed by atoms with Crippen molar-refractivity contribution < 1.29 is 4.74 Å². The number of fused-ring (bicyclic) bond motifs is 1. The molecule has 4 aromatic rings. The zero-order chi connectivity index (χ0) is 21.9. The molecular weight excluding hydrogens is 414 g/mol. The Labute approximate surface area is 191 Å². The number of nitrogens with one attached hydrogen (secondary N) is 2. The number of anilines is 4. The molecule has 0 bridgehead atoms. The van der Waals surface area contributed by atoms with Gasteiger partial charge in [0.2, 0.25) is 5.95 Å². The van der Waals surface area contributed by atoms with Crippen LogP contribution in [0.1, 0.15) is 32.1 Å². The Morgan fingerprint density at radius 1 is 1.00 bits per heavy atom. The van der Waals surface area contributed by atoms with Crippen LogP contribution in [-0.2, 0) is 0 Å². The molecule has 0 radical (unpaired) electrons. The van der Waals surface area contributed by atoms with E-state index in [-0.39, 0.29) is 0 Å². The molecule has 2 aliphatic heterocycles. The number of aromatic nitrogens is 4. The summed E-state index contributed by atoms with van der Waals surface area (Å²) in [6, 6.07) is 14.6. The van der Waals surface area contributed by atoms with Crippen molar-refractivity contribution in [2.24, 2.45) is 5.92 Å². The zero-order valence-electron chi connectivity index (χ0n) is 18.2. The highest BCUT2D eigenvalue weighted by molar-refractivity contribution is 6.00. The molecule has 2 fully saturated rings. The summed E-state index contributed by atoms with van der Waals surface area (Å²) in [7, 11) is 0. The number of H-pyrrole nitrogens is 1. The maximum Gasteiger partial charge on any atom is 0.222 e. The van der Waals surface area contributed by atoms with Crippen LogP contribution in [0.25, 0.3) is 22.2 Å². The number of hydrogen-bond donors (Lipinski definition) is 3. The summed E-state index contributed by atoms with van der Waals surface area (Å²) in [5, 5.41) is 11.9. The number of hydrogen-bond acceptors (Lipinski definition) is 7. The predicted octanol–water partition coefficient (Wildman–Crippen LogP) is 5.22. The molecule has 8 heteroatoms. The van der Waals surface area contributed by atoms with E-state index in [9.17, 15) is 0 Å². The van der Waals surface area contributed by atoms with Crippen molar-refractivity contribution in [1.82, 2.24) is 20.2 Å². The second-order valence-electron chi connectivity index (χ2n) is 9.26. The van der Waals surface area contributed by atoms with Gasteiger partial charge in [-0.05, 0) is 62.3 Å². The van der Waals surface area contributed by atoms with Crippen LogP contribution in [0.5, 0.6) is 11.5 Å². The molecule has 1 atom stereocenters. The SMILES string of the molecule is Nc1nc(-c2cc3c4c(n[nH]c4c2)Nc2ccccc2O3)cc(N2CCCCC2C2CC2)n1. The Kier molecular flexibility index (Phi) is 4.03. The molecule has 33 heavy (non-hydrogen) atoms. The van der Waals surface area contributed by atoms with E-state index in [1.165, 1.54) is 32.1 Å². The quantitative estimate of drug-likeness (QED) is 0.354. The molecule has 3 aliphatic rings. The minimum absolute atomic E-state index is 0.298. The molecule has 1 saturated carbocycles. The first-order valence-electron chi connectivity index (χ1n) is 11.7. The van der Waals surface area contributed by atoms with Crippen LogP contribution in [0.2, 0.25) is 0 Å². The van der Waals surface area contributed by atoms with Crippen LogP contribution in [-0.4, -0.2) is 32.8 Å². The highest BCUT2D eigenvalue weighted by atomic mass is 16.5. The molecule has 4 N–H and O–H groups in total. The van der Waals surface area contributed by atoms with Gasteiger partial charge in [-0.2, -0.15) is 10.1 Å². The molecule has 7 rings (SSSR count). The van der Waals surface area contributed by atoms with Gasteiger partial charge in [0.1, 0.15) is 11.6 Å². The molecule has 4 heterocycles. The minimum atomic E-state index is 0.298. The maximum absolute atomic E-state index is 6.32. The van der Waals surface area contributed by atoms with Gasteiger partial charge >= 0.3 is 0 Å². The number of piperidine rings is 1. The third-order valence-corrected chi connectivity index (χ3v) is 7.02.